The normalized spacial score (nSPS) is 15.8. The fourth-order valence-electron chi connectivity index (χ4n) is 3.79. The minimum atomic E-state index is -5.07. The smallest absolute Gasteiger partial charge is 0.493 e. The van der Waals surface area contributed by atoms with Crippen molar-refractivity contribution in [2.75, 3.05) is 26.2 Å². The van der Waals surface area contributed by atoms with Crippen molar-refractivity contribution in [3.8, 4) is 17.6 Å². The number of hydrogen-bond acceptors (Lipinski definition) is 9. The molecule has 1 heterocycles. The van der Waals surface area contributed by atoms with Crippen molar-refractivity contribution in [3.63, 3.8) is 0 Å². The molecule has 1 atom stereocenters. The molecule has 0 spiro atoms. The van der Waals surface area contributed by atoms with E-state index in [1.54, 1.807) is 30.3 Å². The van der Waals surface area contributed by atoms with Crippen molar-refractivity contribution < 1.29 is 41.7 Å². The largest absolute Gasteiger partial charge is 0.573 e. The van der Waals surface area contributed by atoms with Gasteiger partial charge in [0.1, 0.15) is 11.5 Å². The molecule has 0 aromatic heterocycles. The Labute approximate surface area is 203 Å². The quantitative estimate of drug-likeness (QED) is 0.590. The molecule has 0 radical (unpaired) electrons. The molecule has 9 nitrogen and oxygen atoms in total. The lowest BCUT2D eigenvalue weighted by atomic mass is 9.81. The molecule has 12 heteroatoms. The summed E-state index contributed by atoms with van der Waals surface area (Å²) in [5.41, 5.74) is 5.73. The van der Waals surface area contributed by atoms with Crippen LogP contribution in [0.2, 0.25) is 0 Å². The van der Waals surface area contributed by atoms with Crippen molar-refractivity contribution in [2.24, 2.45) is 5.73 Å². The van der Waals surface area contributed by atoms with Gasteiger partial charge in [-0.3, -0.25) is 4.90 Å². The number of nitrogens with two attached hydrogens (primary N) is 1. The number of carbonyl (C=O) groups excluding carboxylic acids is 2. The zero-order valence-electron chi connectivity index (χ0n) is 19.3. The van der Waals surface area contributed by atoms with Crippen LogP contribution in [0.4, 0.5) is 18.9 Å². The van der Waals surface area contributed by atoms with Crippen LogP contribution in [0.1, 0.15) is 11.5 Å². The number of rotatable bonds is 6. The molecule has 0 saturated carbocycles. The zero-order valence-corrected chi connectivity index (χ0v) is 19.3. The number of nitriles is 1. The fraction of sp³-hybridized carbons (Fsp3) is 0.208. The monoisotopic (exact) mass is 503 g/mol. The van der Waals surface area contributed by atoms with E-state index in [9.17, 15) is 28.0 Å². The molecule has 1 unspecified atom stereocenters. The second-order valence-electron chi connectivity index (χ2n) is 7.22. The van der Waals surface area contributed by atoms with Gasteiger partial charge in [-0.05, 0) is 17.7 Å². The van der Waals surface area contributed by atoms with Crippen molar-refractivity contribution in [2.45, 2.75) is 12.3 Å². The van der Waals surface area contributed by atoms with Gasteiger partial charge in [-0.15, -0.1) is 13.2 Å². The van der Waals surface area contributed by atoms with Crippen LogP contribution < -0.4 is 20.1 Å². The Hall–Kier alpha value is -4.66. The van der Waals surface area contributed by atoms with Crippen LogP contribution in [0.15, 0.2) is 71.2 Å². The molecule has 0 saturated heterocycles. The number of halogens is 3. The second kappa shape index (κ2) is 10.3. The average molecular weight is 503 g/mol. The molecule has 0 aliphatic carbocycles. The molecule has 3 rings (SSSR count). The Bertz CT molecular complexity index is 1280. The van der Waals surface area contributed by atoms with Gasteiger partial charge in [0.2, 0.25) is 0 Å². The summed E-state index contributed by atoms with van der Waals surface area (Å²) in [4.78, 5) is 27.0. The molecule has 0 fully saturated rings. The average Bonchev–Trinajstić information content (AvgIpc) is 2.86. The minimum absolute atomic E-state index is 0.145. The highest BCUT2D eigenvalue weighted by Gasteiger charge is 2.43. The first-order valence-electron chi connectivity index (χ1n) is 10.2. The van der Waals surface area contributed by atoms with E-state index in [2.05, 4.69) is 4.74 Å². The highest BCUT2D eigenvalue weighted by molar-refractivity contribution is 6.06. The van der Waals surface area contributed by atoms with E-state index >= 15 is 0 Å². The Morgan fingerprint density at radius 3 is 2.17 bits per heavy atom. The Morgan fingerprint density at radius 2 is 1.64 bits per heavy atom. The van der Waals surface area contributed by atoms with E-state index in [0.29, 0.717) is 5.56 Å². The topological polar surface area (TPSA) is 124 Å². The summed E-state index contributed by atoms with van der Waals surface area (Å²) < 4.78 is 57.8. The first-order chi connectivity index (χ1) is 17.1. The summed E-state index contributed by atoms with van der Waals surface area (Å²) in [6.45, 7) is 0. The predicted octanol–water partition coefficient (Wildman–Crippen LogP) is 3.49. The fourth-order valence-corrected chi connectivity index (χ4v) is 3.79. The lowest BCUT2D eigenvalue weighted by molar-refractivity contribution is -0.275. The summed E-state index contributed by atoms with van der Waals surface area (Å²) >= 11 is 0. The van der Waals surface area contributed by atoms with Gasteiger partial charge < -0.3 is 24.7 Å². The number of carbonyl (C=O) groups is 2. The molecule has 1 aliphatic rings. The number of methoxy groups -OCH3 is 3. The van der Waals surface area contributed by atoms with Crippen LogP contribution >= 0.6 is 0 Å². The van der Waals surface area contributed by atoms with Crippen LogP contribution in [0.25, 0.3) is 0 Å². The van der Waals surface area contributed by atoms with Crippen molar-refractivity contribution >= 4 is 17.6 Å². The summed E-state index contributed by atoms with van der Waals surface area (Å²) in [5, 5.41) is 10.0. The number of hydrogen-bond donors (Lipinski definition) is 1. The van der Waals surface area contributed by atoms with Crippen LogP contribution in [0.5, 0.6) is 11.5 Å². The highest BCUT2D eigenvalue weighted by atomic mass is 19.4. The molecule has 2 aromatic carbocycles. The molecule has 0 amide bonds. The minimum Gasteiger partial charge on any atom is -0.493 e. The van der Waals surface area contributed by atoms with Crippen molar-refractivity contribution in [1.82, 2.24) is 0 Å². The van der Waals surface area contributed by atoms with E-state index in [4.69, 9.17) is 19.9 Å². The Morgan fingerprint density at radius 1 is 1.00 bits per heavy atom. The number of nitrogens with zero attached hydrogens (tertiary/aromatic N) is 2. The molecule has 0 bridgehead atoms. The van der Waals surface area contributed by atoms with Crippen LogP contribution in [0.3, 0.4) is 0 Å². The van der Waals surface area contributed by atoms with Gasteiger partial charge in [0.15, 0.2) is 11.5 Å². The molecular weight excluding hydrogens is 483 g/mol. The highest BCUT2D eigenvalue weighted by Crippen LogP contribution is 2.45. The SMILES string of the molecule is COC(=O)C1=C(C(=O)OC)N(c2ccc(OC)c(OC(F)(F)F)c2)C(N)=C(C#N)C1c1ccccc1. The van der Waals surface area contributed by atoms with E-state index in [-0.39, 0.29) is 28.4 Å². The maximum absolute atomic E-state index is 13.0. The van der Waals surface area contributed by atoms with Gasteiger partial charge in [-0.2, -0.15) is 5.26 Å². The zero-order chi connectivity index (χ0) is 26.6. The molecule has 188 valence electrons. The van der Waals surface area contributed by atoms with E-state index in [0.717, 1.165) is 38.4 Å². The van der Waals surface area contributed by atoms with Gasteiger partial charge in [0.05, 0.1) is 50.2 Å². The molecule has 2 aromatic rings. The Kier molecular flexibility index (Phi) is 7.43. The molecule has 36 heavy (non-hydrogen) atoms. The summed E-state index contributed by atoms with van der Waals surface area (Å²) in [7, 11) is 3.26. The molecular formula is C24H20F3N3O6. The lowest BCUT2D eigenvalue weighted by Gasteiger charge is -2.36. The first-order valence-corrected chi connectivity index (χ1v) is 10.2. The maximum atomic E-state index is 13.0. The summed E-state index contributed by atoms with van der Waals surface area (Å²) in [5.74, 6) is -4.49. The third-order valence-corrected chi connectivity index (χ3v) is 5.24. The van der Waals surface area contributed by atoms with E-state index in [1.165, 1.54) is 6.07 Å². The van der Waals surface area contributed by atoms with Crippen molar-refractivity contribution in [3.05, 3.63) is 76.8 Å². The van der Waals surface area contributed by atoms with Gasteiger partial charge >= 0.3 is 18.3 Å². The number of esters is 2. The van der Waals surface area contributed by atoms with Gasteiger partial charge in [0, 0.05) is 6.07 Å². The second-order valence-corrected chi connectivity index (χ2v) is 7.22. The maximum Gasteiger partial charge on any atom is 0.573 e. The first kappa shape index (κ1) is 26.0. The van der Waals surface area contributed by atoms with Crippen LogP contribution in [-0.2, 0) is 19.1 Å². The summed E-state index contributed by atoms with van der Waals surface area (Å²) in [6.07, 6.45) is -5.07. The van der Waals surface area contributed by atoms with Crippen LogP contribution in [0, 0.1) is 11.3 Å². The van der Waals surface area contributed by atoms with Gasteiger partial charge in [-0.25, -0.2) is 9.59 Å². The standard InChI is InChI=1S/C24H20F3N3O6/c1-33-16-10-9-14(11-17(16)36-24(25,26)27)30-20(23(32)35-3)19(22(31)34-2)18(15(12-28)21(30)29)13-7-5-4-6-8-13/h4-11,18H,29H2,1-3H3. The third kappa shape index (κ3) is 4.90. The van der Waals surface area contributed by atoms with Gasteiger partial charge in [0.25, 0.3) is 0 Å². The van der Waals surface area contributed by atoms with E-state index in [1.807, 2.05) is 6.07 Å². The number of alkyl halides is 3. The van der Waals surface area contributed by atoms with Crippen LogP contribution in [-0.4, -0.2) is 39.6 Å². The lowest BCUT2D eigenvalue weighted by Crippen LogP contribution is -2.40. The Balaban J connectivity index is 2.38. The van der Waals surface area contributed by atoms with E-state index < -0.39 is 35.7 Å². The summed E-state index contributed by atoms with van der Waals surface area (Å²) in [6, 6.07) is 13.5. The predicted molar refractivity (Wildman–Crippen MR) is 119 cm³/mol. The molecule has 2 N–H and O–H groups in total. The van der Waals surface area contributed by atoms with Gasteiger partial charge in [-0.1, -0.05) is 30.3 Å². The third-order valence-electron chi connectivity index (χ3n) is 5.24. The number of allylic oxidation sites excluding steroid dienone is 1. The number of anilines is 1. The molecule has 1 aliphatic heterocycles. The number of benzene rings is 2. The number of ether oxygens (including phenoxy) is 4. The van der Waals surface area contributed by atoms with Crippen molar-refractivity contribution in [1.29, 1.82) is 5.26 Å².